The molecule has 0 atom stereocenters. The largest absolute Gasteiger partial charge is 0.332 e. The van der Waals surface area contributed by atoms with Crippen molar-refractivity contribution in [2.75, 3.05) is 5.32 Å². The molecule has 8 heteroatoms. The number of nitrogens with one attached hydrogen (secondary N) is 2. The van der Waals surface area contributed by atoms with Crippen LogP contribution in [0.4, 0.5) is 5.69 Å². The lowest BCUT2D eigenvalue weighted by atomic mass is 10.1. The van der Waals surface area contributed by atoms with Crippen LogP contribution < -0.4 is 10.9 Å². The second-order valence-electron chi connectivity index (χ2n) is 6.52. The fourth-order valence-corrected chi connectivity index (χ4v) is 4.05. The van der Waals surface area contributed by atoms with E-state index in [4.69, 9.17) is 12.2 Å². The molecule has 4 aromatic rings. The van der Waals surface area contributed by atoms with E-state index in [1.54, 1.807) is 29.5 Å². The summed E-state index contributed by atoms with van der Waals surface area (Å²) in [5, 5.41) is 6.40. The third-order valence-corrected chi connectivity index (χ3v) is 5.71. The van der Waals surface area contributed by atoms with Crippen molar-refractivity contribution in [3.05, 3.63) is 73.5 Å². The summed E-state index contributed by atoms with van der Waals surface area (Å²) in [5.41, 5.74) is 3.43. The molecule has 29 heavy (non-hydrogen) atoms. The molecule has 0 aliphatic carbocycles. The molecule has 0 bridgehead atoms. The lowest BCUT2D eigenvalue weighted by molar-refractivity contribution is 0.102. The Hall–Kier alpha value is -3.10. The summed E-state index contributed by atoms with van der Waals surface area (Å²) in [6.07, 6.45) is 0. The van der Waals surface area contributed by atoms with Crippen LogP contribution >= 0.6 is 23.6 Å². The molecule has 0 saturated heterocycles. The highest BCUT2D eigenvalue weighted by Crippen LogP contribution is 2.23. The fraction of sp³-hybridized carbons (Fsp3) is 0.143. The van der Waals surface area contributed by atoms with Gasteiger partial charge in [0.15, 0.2) is 4.77 Å². The first kappa shape index (κ1) is 19.2. The van der Waals surface area contributed by atoms with E-state index in [1.165, 1.54) is 4.57 Å². The first-order chi connectivity index (χ1) is 14.0. The molecule has 2 N–H and O–H groups in total. The smallest absolute Gasteiger partial charge is 0.262 e. The fourth-order valence-electron chi connectivity index (χ4n) is 3.11. The van der Waals surface area contributed by atoms with Gasteiger partial charge in [0, 0.05) is 28.7 Å². The minimum Gasteiger partial charge on any atom is -0.332 e. The highest BCUT2D eigenvalue weighted by Gasteiger charge is 2.11. The van der Waals surface area contributed by atoms with E-state index < -0.39 is 0 Å². The Morgan fingerprint density at radius 3 is 2.66 bits per heavy atom. The number of aromatic amines is 1. The Labute approximate surface area is 175 Å². The zero-order valence-corrected chi connectivity index (χ0v) is 17.5. The summed E-state index contributed by atoms with van der Waals surface area (Å²) in [4.78, 5) is 32.6. The van der Waals surface area contributed by atoms with E-state index in [1.807, 2.05) is 43.5 Å². The van der Waals surface area contributed by atoms with Gasteiger partial charge in [-0.25, -0.2) is 4.98 Å². The molecule has 2 aromatic heterocycles. The maximum atomic E-state index is 12.7. The van der Waals surface area contributed by atoms with Crippen LogP contribution in [-0.4, -0.2) is 20.4 Å². The molecule has 6 nitrogen and oxygen atoms in total. The first-order valence-electron chi connectivity index (χ1n) is 9.07. The summed E-state index contributed by atoms with van der Waals surface area (Å²) >= 11 is 6.84. The summed E-state index contributed by atoms with van der Waals surface area (Å²) < 4.78 is 1.83. The van der Waals surface area contributed by atoms with Gasteiger partial charge >= 0.3 is 0 Å². The lowest BCUT2D eigenvalue weighted by Crippen LogP contribution is -2.21. The highest BCUT2D eigenvalue weighted by molar-refractivity contribution is 7.71. The molecule has 2 heterocycles. The summed E-state index contributed by atoms with van der Waals surface area (Å²) in [6.45, 7) is 4.32. The lowest BCUT2D eigenvalue weighted by Gasteiger charge is -2.08. The number of hydrogen-bond acceptors (Lipinski definition) is 5. The molecule has 0 aliphatic rings. The van der Waals surface area contributed by atoms with Crippen molar-refractivity contribution in [2.24, 2.45) is 0 Å². The summed E-state index contributed by atoms with van der Waals surface area (Å²) in [5.74, 6) is -0.261. The average Bonchev–Trinajstić information content (AvgIpc) is 3.14. The molecule has 0 spiro atoms. The number of anilines is 1. The van der Waals surface area contributed by atoms with Gasteiger partial charge in [0.05, 0.1) is 21.6 Å². The molecule has 0 saturated carbocycles. The van der Waals surface area contributed by atoms with Crippen LogP contribution in [0.5, 0.6) is 0 Å². The Bertz CT molecular complexity index is 1330. The van der Waals surface area contributed by atoms with Crippen molar-refractivity contribution in [1.29, 1.82) is 0 Å². The number of fused-ring (bicyclic) bond motifs is 1. The SMILES string of the molecule is CCn1c(=S)[nH]c2cc(C(=O)Nc3ccc(-c4csc(C)n4)cc3)ccc2c1=O. The maximum absolute atomic E-state index is 12.7. The second kappa shape index (κ2) is 7.73. The van der Waals surface area contributed by atoms with Gasteiger partial charge in [-0.2, -0.15) is 0 Å². The minimum atomic E-state index is -0.261. The van der Waals surface area contributed by atoms with Crippen molar-refractivity contribution in [2.45, 2.75) is 20.4 Å². The van der Waals surface area contributed by atoms with Crippen LogP contribution in [0.1, 0.15) is 22.3 Å². The van der Waals surface area contributed by atoms with Crippen molar-refractivity contribution >= 4 is 46.1 Å². The zero-order chi connectivity index (χ0) is 20.5. The number of nitrogens with zero attached hydrogens (tertiary/aromatic N) is 2. The summed E-state index contributed by atoms with van der Waals surface area (Å²) in [7, 11) is 0. The molecule has 0 fully saturated rings. The quantitative estimate of drug-likeness (QED) is 0.465. The van der Waals surface area contributed by atoms with E-state index in [2.05, 4.69) is 15.3 Å². The van der Waals surface area contributed by atoms with Crippen LogP contribution in [0.3, 0.4) is 0 Å². The Morgan fingerprint density at radius 2 is 2.00 bits per heavy atom. The normalized spacial score (nSPS) is 11.0. The second-order valence-corrected chi connectivity index (χ2v) is 7.97. The van der Waals surface area contributed by atoms with Gasteiger partial charge in [-0.3, -0.25) is 14.2 Å². The van der Waals surface area contributed by atoms with Gasteiger partial charge < -0.3 is 10.3 Å². The van der Waals surface area contributed by atoms with Crippen molar-refractivity contribution < 1.29 is 4.79 Å². The number of amides is 1. The molecule has 1 amide bonds. The van der Waals surface area contributed by atoms with Crippen molar-refractivity contribution in [3.63, 3.8) is 0 Å². The summed E-state index contributed by atoms with van der Waals surface area (Å²) in [6, 6.07) is 12.5. The van der Waals surface area contributed by atoms with E-state index in [0.29, 0.717) is 33.5 Å². The topological polar surface area (TPSA) is 79.8 Å². The van der Waals surface area contributed by atoms with Crippen LogP contribution in [0.15, 0.2) is 52.6 Å². The molecule has 0 radical (unpaired) electrons. The van der Waals surface area contributed by atoms with Crippen LogP contribution in [0.2, 0.25) is 0 Å². The van der Waals surface area contributed by atoms with E-state index in [0.717, 1.165) is 16.3 Å². The predicted molar refractivity (Wildman–Crippen MR) is 119 cm³/mol. The van der Waals surface area contributed by atoms with E-state index in [9.17, 15) is 9.59 Å². The third-order valence-electron chi connectivity index (χ3n) is 4.62. The molecule has 0 aliphatic heterocycles. The molecule has 2 aromatic carbocycles. The Morgan fingerprint density at radius 1 is 1.24 bits per heavy atom. The first-order valence-corrected chi connectivity index (χ1v) is 10.4. The molecule has 146 valence electrons. The number of rotatable bonds is 4. The standard InChI is InChI=1S/C21H18N4O2S2/c1-3-25-20(27)16-9-6-14(10-17(16)24-21(25)28)19(26)23-15-7-4-13(5-8-15)18-11-29-12(2)22-18/h4-11H,3H2,1-2H3,(H,23,26)(H,24,28). The average molecular weight is 423 g/mol. The van der Waals surface area contributed by atoms with Gasteiger partial charge in [-0.1, -0.05) is 12.1 Å². The van der Waals surface area contributed by atoms with Gasteiger partial charge in [0.2, 0.25) is 0 Å². The van der Waals surface area contributed by atoms with Gasteiger partial charge in [0.25, 0.3) is 11.5 Å². The highest BCUT2D eigenvalue weighted by atomic mass is 32.1. The third kappa shape index (κ3) is 3.76. The maximum Gasteiger partial charge on any atom is 0.262 e. The number of carbonyl (C=O) groups is 1. The number of aryl methyl sites for hydroxylation is 1. The number of H-pyrrole nitrogens is 1. The van der Waals surface area contributed by atoms with Crippen LogP contribution in [0, 0.1) is 11.7 Å². The molecule has 0 unspecified atom stereocenters. The molecular formula is C21H18N4O2S2. The molecular weight excluding hydrogens is 404 g/mol. The van der Waals surface area contributed by atoms with E-state index >= 15 is 0 Å². The Balaban J connectivity index is 1.59. The number of aromatic nitrogens is 3. The van der Waals surface area contributed by atoms with E-state index in [-0.39, 0.29) is 11.5 Å². The number of hydrogen-bond donors (Lipinski definition) is 2. The van der Waals surface area contributed by atoms with Gasteiger partial charge in [-0.15, -0.1) is 11.3 Å². The Kier molecular flexibility index (Phi) is 5.12. The van der Waals surface area contributed by atoms with Crippen LogP contribution in [0.25, 0.3) is 22.2 Å². The number of thiazole rings is 1. The number of carbonyl (C=O) groups excluding carboxylic acids is 1. The monoisotopic (exact) mass is 422 g/mol. The van der Waals surface area contributed by atoms with Gasteiger partial charge in [0.1, 0.15) is 0 Å². The van der Waals surface area contributed by atoms with Crippen molar-refractivity contribution in [1.82, 2.24) is 14.5 Å². The van der Waals surface area contributed by atoms with Gasteiger partial charge in [-0.05, 0) is 56.4 Å². The molecule has 4 rings (SSSR count). The predicted octanol–water partition coefficient (Wildman–Crippen LogP) is 4.76. The minimum absolute atomic E-state index is 0.161. The number of benzene rings is 2. The zero-order valence-electron chi connectivity index (χ0n) is 15.9. The van der Waals surface area contributed by atoms with Crippen LogP contribution in [-0.2, 0) is 6.54 Å². The van der Waals surface area contributed by atoms with Crippen molar-refractivity contribution in [3.8, 4) is 11.3 Å².